The van der Waals surface area contributed by atoms with Crippen LogP contribution in [0.1, 0.15) is 13.3 Å². The molecule has 1 saturated carbocycles. The monoisotopic (exact) mass is 455 g/mol. The molecule has 4 aromatic rings. The fourth-order valence-corrected chi connectivity index (χ4v) is 3.94. The molecule has 1 aliphatic rings. The number of carbonyl (C=O) groups is 1. The molecule has 0 aliphatic heterocycles. The second kappa shape index (κ2) is 7.46. The number of nitriles is 1. The lowest BCUT2D eigenvalue weighted by molar-refractivity contribution is -0.117. The molecule has 11 heteroatoms. The zero-order valence-corrected chi connectivity index (χ0v) is 17.4. The molecule has 3 atom stereocenters. The third-order valence-electron chi connectivity index (χ3n) is 5.39. The molecule has 1 aliphatic carbocycles. The molecule has 1 fully saturated rings. The highest BCUT2D eigenvalue weighted by atomic mass is 35.5. The van der Waals surface area contributed by atoms with Gasteiger partial charge in [0.1, 0.15) is 17.9 Å². The molecule has 1 aromatic carbocycles. The van der Waals surface area contributed by atoms with E-state index in [-0.39, 0.29) is 17.1 Å². The van der Waals surface area contributed by atoms with Gasteiger partial charge in [-0.1, -0.05) is 11.6 Å². The highest BCUT2D eigenvalue weighted by molar-refractivity contribution is 6.36. The Morgan fingerprint density at radius 1 is 1.44 bits per heavy atom. The van der Waals surface area contributed by atoms with Crippen LogP contribution in [0.5, 0.6) is 0 Å². The van der Waals surface area contributed by atoms with Crippen LogP contribution in [-0.4, -0.2) is 37.7 Å². The summed E-state index contributed by atoms with van der Waals surface area (Å²) in [6, 6.07) is 4.78. The van der Waals surface area contributed by atoms with Gasteiger partial charge in [-0.2, -0.15) is 10.4 Å². The molecular formula is C21H16ClF2N7O. The summed E-state index contributed by atoms with van der Waals surface area (Å²) < 4.78 is 29.9. The largest absolute Gasteiger partial charge is 0.366 e. The molecule has 32 heavy (non-hydrogen) atoms. The maximum absolute atomic E-state index is 15.2. The van der Waals surface area contributed by atoms with Crippen molar-refractivity contribution in [3.05, 3.63) is 41.6 Å². The zero-order chi connectivity index (χ0) is 22.6. The summed E-state index contributed by atoms with van der Waals surface area (Å²) in [5.41, 5.74) is 2.00. The molecule has 0 saturated heterocycles. The predicted octanol–water partition coefficient (Wildman–Crippen LogP) is 4.29. The van der Waals surface area contributed by atoms with Gasteiger partial charge in [0.25, 0.3) is 0 Å². The lowest BCUT2D eigenvalue weighted by Gasteiger charge is -2.15. The van der Waals surface area contributed by atoms with Gasteiger partial charge in [0.15, 0.2) is 11.6 Å². The van der Waals surface area contributed by atoms with Gasteiger partial charge in [-0.25, -0.2) is 13.8 Å². The Morgan fingerprint density at radius 3 is 2.94 bits per heavy atom. The number of hydrogen-bond donors (Lipinski definition) is 3. The first kappa shape index (κ1) is 20.2. The van der Waals surface area contributed by atoms with E-state index in [2.05, 4.69) is 25.8 Å². The minimum Gasteiger partial charge on any atom is -0.366 e. The summed E-state index contributed by atoms with van der Waals surface area (Å²) in [7, 11) is 0. The molecule has 0 spiro atoms. The van der Waals surface area contributed by atoms with E-state index in [0.717, 1.165) is 0 Å². The van der Waals surface area contributed by atoms with Crippen LogP contribution >= 0.6 is 11.6 Å². The number of aromatic nitrogens is 4. The lowest BCUT2D eigenvalue weighted by Crippen LogP contribution is -2.15. The number of halogens is 3. The number of anilines is 2. The Bertz CT molecular complexity index is 1420. The number of imidazole rings is 1. The minimum atomic E-state index is -1.10. The van der Waals surface area contributed by atoms with E-state index in [1.54, 1.807) is 35.9 Å². The average Bonchev–Trinajstić information content (AvgIpc) is 3.14. The van der Waals surface area contributed by atoms with Crippen LogP contribution in [-0.2, 0) is 4.79 Å². The molecule has 3 unspecified atom stereocenters. The summed E-state index contributed by atoms with van der Waals surface area (Å²) in [4.78, 5) is 16.3. The molecule has 0 bridgehead atoms. The van der Waals surface area contributed by atoms with Crippen molar-refractivity contribution in [3.63, 3.8) is 0 Å². The van der Waals surface area contributed by atoms with Gasteiger partial charge in [0.05, 0.1) is 40.6 Å². The van der Waals surface area contributed by atoms with Gasteiger partial charge >= 0.3 is 0 Å². The third-order valence-corrected chi connectivity index (χ3v) is 5.74. The van der Waals surface area contributed by atoms with Gasteiger partial charge < -0.3 is 15.0 Å². The fourth-order valence-electron chi connectivity index (χ4n) is 3.63. The van der Waals surface area contributed by atoms with E-state index in [1.165, 1.54) is 6.20 Å². The molecule has 0 radical (unpaired) electrons. The maximum Gasteiger partial charge on any atom is 0.231 e. The van der Waals surface area contributed by atoms with Gasteiger partial charge in [-0.05, 0) is 25.5 Å². The summed E-state index contributed by atoms with van der Waals surface area (Å²) >= 11 is 6.42. The van der Waals surface area contributed by atoms with Crippen LogP contribution in [0.15, 0.2) is 30.7 Å². The minimum absolute atomic E-state index is 0.0697. The van der Waals surface area contributed by atoms with Crippen molar-refractivity contribution in [2.45, 2.75) is 25.6 Å². The highest BCUT2D eigenvalue weighted by Crippen LogP contribution is 2.41. The predicted molar refractivity (Wildman–Crippen MR) is 116 cm³/mol. The quantitative estimate of drug-likeness (QED) is 0.415. The summed E-state index contributed by atoms with van der Waals surface area (Å²) in [5.74, 6) is -1.44. The number of alkyl halides is 1. The number of hydrogen-bond acceptors (Lipinski definition) is 5. The van der Waals surface area contributed by atoms with Crippen molar-refractivity contribution < 1.29 is 13.6 Å². The Hall–Kier alpha value is -3.71. The van der Waals surface area contributed by atoms with E-state index in [1.807, 2.05) is 6.07 Å². The second-order valence-corrected chi connectivity index (χ2v) is 8.07. The van der Waals surface area contributed by atoms with Crippen molar-refractivity contribution >= 4 is 45.6 Å². The van der Waals surface area contributed by atoms with Crippen LogP contribution in [0.4, 0.5) is 20.3 Å². The smallest absolute Gasteiger partial charge is 0.231 e. The van der Waals surface area contributed by atoms with E-state index >= 15 is 4.39 Å². The van der Waals surface area contributed by atoms with E-state index in [0.29, 0.717) is 33.5 Å². The van der Waals surface area contributed by atoms with Crippen LogP contribution < -0.4 is 10.6 Å². The number of benzene rings is 1. The van der Waals surface area contributed by atoms with Gasteiger partial charge in [-0.3, -0.25) is 9.89 Å². The van der Waals surface area contributed by atoms with E-state index in [9.17, 15) is 9.18 Å². The first-order valence-corrected chi connectivity index (χ1v) is 10.2. The number of fused-ring (bicyclic) bond motifs is 2. The molecule has 3 aromatic heterocycles. The standard InChI is InChI=1S/C21H16ClF2N7O/c1-9(5-25)27-20-18(24)17(22)16(12-6-26-30-19(12)20)10-2-3-15-28-14(8-31(15)7-10)29-21(32)11-4-13(11)23/h2-3,6-9,11,13,27H,4H2,1H3,(H,26,30)(H,29,32). The topological polar surface area (TPSA) is 111 Å². The summed E-state index contributed by atoms with van der Waals surface area (Å²) in [6.07, 6.45) is 3.96. The lowest BCUT2D eigenvalue weighted by atomic mass is 10.0. The molecular weight excluding hydrogens is 440 g/mol. The van der Waals surface area contributed by atoms with Crippen LogP contribution in [0, 0.1) is 23.1 Å². The summed E-state index contributed by atoms with van der Waals surface area (Å²) in [6.45, 7) is 1.60. The molecule has 3 N–H and O–H groups in total. The number of H-pyrrole nitrogens is 1. The Kier molecular flexibility index (Phi) is 4.71. The van der Waals surface area contributed by atoms with Crippen molar-refractivity contribution in [2.24, 2.45) is 5.92 Å². The number of pyridine rings is 1. The van der Waals surface area contributed by atoms with Crippen molar-refractivity contribution in [1.29, 1.82) is 5.26 Å². The molecule has 1 amide bonds. The van der Waals surface area contributed by atoms with Gasteiger partial charge in [0.2, 0.25) is 5.91 Å². The second-order valence-electron chi connectivity index (χ2n) is 7.69. The van der Waals surface area contributed by atoms with E-state index < -0.39 is 29.9 Å². The van der Waals surface area contributed by atoms with Gasteiger partial charge in [-0.15, -0.1) is 0 Å². The Balaban J connectivity index is 1.56. The van der Waals surface area contributed by atoms with Gasteiger partial charge in [0, 0.05) is 22.7 Å². The number of amides is 1. The SMILES string of the molecule is CC(C#N)Nc1c(F)c(Cl)c(-c2ccc3nc(NC(=O)C4CC4F)cn3c2)c2cn[nH]c12. The Morgan fingerprint density at radius 2 is 2.22 bits per heavy atom. The number of carbonyl (C=O) groups excluding carboxylic acids is 1. The normalized spacial score (nSPS) is 18.5. The molecule has 3 heterocycles. The molecule has 5 rings (SSSR count). The first-order chi connectivity index (χ1) is 15.4. The summed E-state index contributed by atoms with van der Waals surface area (Å²) in [5, 5.41) is 21.7. The number of aromatic amines is 1. The average molecular weight is 456 g/mol. The Labute approximate surface area is 185 Å². The number of rotatable bonds is 5. The number of nitrogens with zero attached hydrogens (tertiary/aromatic N) is 4. The third kappa shape index (κ3) is 3.31. The first-order valence-electron chi connectivity index (χ1n) is 9.81. The van der Waals surface area contributed by atoms with Crippen LogP contribution in [0.2, 0.25) is 5.02 Å². The van der Waals surface area contributed by atoms with Crippen molar-refractivity contribution in [3.8, 4) is 17.2 Å². The molecule has 162 valence electrons. The highest BCUT2D eigenvalue weighted by Gasteiger charge is 2.43. The fraction of sp³-hybridized carbons (Fsp3) is 0.238. The maximum atomic E-state index is 15.2. The van der Waals surface area contributed by atoms with Crippen molar-refractivity contribution in [2.75, 3.05) is 10.6 Å². The zero-order valence-electron chi connectivity index (χ0n) is 16.7. The van der Waals surface area contributed by atoms with Crippen LogP contribution in [0.3, 0.4) is 0 Å². The molecule has 8 nitrogen and oxygen atoms in total. The van der Waals surface area contributed by atoms with Crippen molar-refractivity contribution in [1.82, 2.24) is 19.6 Å². The van der Waals surface area contributed by atoms with E-state index in [4.69, 9.17) is 16.9 Å². The number of nitrogens with one attached hydrogen (secondary N) is 3. The van der Waals surface area contributed by atoms with Crippen LogP contribution in [0.25, 0.3) is 27.7 Å².